The van der Waals surface area contributed by atoms with E-state index < -0.39 is 0 Å². The fourth-order valence-corrected chi connectivity index (χ4v) is 2.73. The lowest BCUT2D eigenvalue weighted by Gasteiger charge is -2.39. The zero-order valence-electron chi connectivity index (χ0n) is 9.88. The molecule has 2 rings (SSSR count). The van der Waals surface area contributed by atoms with E-state index in [2.05, 4.69) is 24.1 Å². The first-order valence-electron chi connectivity index (χ1n) is 6.11. The van der Waals surface area contributed by atoms with E-state index in [1.807, 2.05) is 0 Å². The molecule has 0 aliphatic carbocycles. The van der Waals surface area contributed by atoms with Crippen LogP contribution in [0.5, 0.6) is 0 Å². The van der Waals surface area contributed by atoms with Crippen molar-refractivity contribution >= 4 is 5.91 Å². The van der Waals surface area contributed by atoms with Gasteiger partial charge < -0.3 is 10.2 Å². The molecule has 2 fully saturated rings. The van der Waals surface area contributed by atoms with Crippen LogP contribution in [0.1, 0.15) is 39.5 Å². The summed E-state index contributed by atoms with van der Waals surface area (Å²) in [6, 6.07) is 0.110. The molecule has 15 heavy (non-hydrogen) atoms. The Balaban J connectivity index is 1.94. The van der Waals surface area contributed by atoms with Gasteiger partial charge in [-0.1, -0.05) is 13.8 Å². The van der Waals surface area contributed by atoms with Crippen LogP contribution in [-0.4, -0.2) is 36.5 Å². The summed E-state index contributed by atoms with van der Waals surface area (Å²) in [5.74, 6) is 0.334. The lowest BCUT2D eigenvalue weighted by Crippen LogP contribution is -2.49. The molecule has 1 amide bonds. The van der Waals surface area contributed by atoms with Crippen LogP contribution >= 0.6 is 0 Å². The van der Waals surface area contributed by atoms with Crippen molar-refractivity contribution in [2.24, 2.45) is 5.41 Å². The van der Waals surface area contributed by atoms with Crippen LogP contribution in [0.2, 0.25) is 0 Å². The van der Waals surface area contributed by atoms with Crippen LogP contribution < -0.4 is 5.32 Å². The lowest BCUT2D eigenvalue weighted by atomic mass is 9.84. The van der Waals surface area contributed by atoms with E-state index in [0.717, 1.165) is 38.9 Å². The van der Waals surface area contributed by atoms with Crippen LogP contribution in [0.25, 0.3) is 0 Å². The number of carbonyl (C=O) groups excluding carboxylic acids is 1. The van der Waals surface area contributed by atoms with Gasteiger partial charge in [0, 0.05) is 13.1 Å². The van der Waals surface area contributed by atoms with Gasteiger partial charge in [0.15, 0.2) is 0 Å². The first kappa shape index (κ1) is 10.9. The molecule has 1 atom stereocenters. The minimum Gasteiger partial charge on any atom is -0.341 e. The molecular weight excluding hydrogens is 188 g/mol. The van der Waals surface area contributed by atoms with E-state index in [-0.39, 0.29) is 6.04 Å². The molecule has 0 aromatic carbocycles. The van der Waals surface area contributed by atoms with Crippen molar-refractivity contribution in [3.8, 4) is 0 Å². The predicted octanol–water partition coefficient (Wildman–Crippen LogP) is 1.39. The average Bonchev–Trinajstić information content (AvgIpc) is 2.67. The quantitative estimate of drug-likeness (QED) is 0.709. The summed E-state index contributed by atoms with van der Waals surface area (Å²) in [7, 11) is 0. The molecule has 86 valence electrons. The molecule has 2 heterocycles. The van der Waals surface area contributed by atoms with Crippen LogP contribution in [0, 0.1) is 5.41 Å². The Kier molecular flexibility index (Phi) is 3.01. The standard InChI is InChI=1S/C12H22N2O/c1-12(2)6-4-8-14(9-12)11(15)10-5-3-7-13-10/h10,13H,3-9H2,1-2H3. The van der Waals surface area contributed by atoms with Crippen LogP contribution in [0.3, 0.4) is 0 Å². The van der Waals surface area contributed by atoms with Crippen LogP contribution in [0.4, 0.5) is 0 Å². The largest absolute Gasteiger partial charge is 0.341 e. The van der Waals surface area contributed by atoms with Crippen molar-refractivity contribution in [1.29, 1.82) is 0 Å². The van der Waals surface area contributed by atoms with Crippen LogP contribution in [0.15, 0.2) is 0 Å². The second-order valence-electron chi connectivity index (χ2n) is 5.68. The molecule has 2 saturated heterocycles. The third kappa shape index (κ3) is 2.51. The summed E-state index contributed by atoms with van der Waals surface area (Å²) in [5.41, 5.74) is 0.312. The maximum absolute atomic E-state index is 12.2. The Labute approximate surface area is 92.2 Å². The maximum Gasteiger partial charge on any atom is 0.239 e. The topological polar surface area (TPSA) is 32.3 Å². The average molecular weight is 210 g/mol. The molecular formula is C12H22N2O. The third-order valence-corrected chi connectivity index (χ3v) is 3.57. The van der Waals surface area contributed by atoms with Crippen molar-refractivity contribution in [3.63, 3.8) is 0 Å². The molecule has 0 spiro atoms. The van der Waals surface area contributed by atoms with E-state index >= 15 is 0 Å². The number of hydrogen-bond donors (Lipinski definition) is 1. The molecule has 2 aliphatic rings. The Morgan fingerprint density at radius 1 is 1.40 bits per heavy atom. The third-order valence-electron chi connectivity index (χ3n) is 3.57. The fraction of sp³-hybridized carbons (Fsp3) is 0.917. The van der Waals surface area contributed by atoms with Gasteiger partial charge in [-0.15, -0.1) is 0 Å². The van der Waals surface area contributed by atoms with E-state index in [1.54, 1.807) is 0 Å². The Morgan fingerprint density at radius 3 is 2.80 bits per heavy atom. The minimum absolute atomic E-state index is 0.110. The highest BCUT2D eigenvalue weighted by Gasteiger charge is 2.33. The number of piperidine rings is 1. The molecule has 2 aliphatic heterocycles. The molecule has 3 heteroatoms. The lowest BCUT2D eigenvalue weighted by molar-refractivity contribution is -0.136. The smallest absolute Gasteiger partial charge is 0.239 e. The molecule has 1 N–H and O–H groups in total. The summed E-state index contributed by atoms with van der Waals surface area (Å²) in [5, 5.41) is 3.29. The zero-order valence-corrected chi connectivity index (χ0v) is 9.88. The fourth-order valence-electron chi connectivity index (χ4n) is 2.73. The highest BCUT2D eigenvalue weighted by Crippen LogP contribution is 2.29. The number of nitrogens with zero attached hydrogens (tertiary/aromatic N) is 1. The highest BCUT2D eigenvalue weighted by molar-refractivity contribution is 5.82. The summed E-state index contributed by atoms with van der Waals surface area (Å²) in [6.07, 6.45) is 4.57. The van der Waals surface area contributed by atoms with Crippen LogP contribution in [-0.2, 0) is 4.79 Å². The molecule has 1 unspecified atom stereocenters. The number of nitrogens with one attached hydrogen (secondary N) is 1. The zero-order chi connectivity index (χ0) is 10.9. The van der Waals surface area contributed by atoms with Gasteiger partial charge in [-0.25, -0.2) is 0 Å². The highest BCUT2D eigenvalue weighted by atomic mass is 16.2. The Morgan fingerprint density at radius 2 is 2.20 bits per heavy atom. The van der Waals surface area contributed by atoms with Crippen molar-refractivity contribution in [2.45, 2.75) is 45.6 Å². The van der Waals surface area contributed by atoms with E-state index in [9.17, 15) is 4.79 Å². The van der Waals surface area contributed by atoms with Gasteiger partial charge in [-0.05, 0) is 37.6 Å². The second kappa shape index (κ2) is 4.12. The number of amides is 1. The summed E-state index contributed by atoms with van der Waals surface area (Å²) in [4.78, 5) is 14.2. The van der Waals surface area contributed by atoms with E-state index in [1.165, 1.54) is 6.42 Å². The maximum atomic E-state index is 12.2. The van der Waals surface area contributed by atoms with Gasteiger partial charge >= 0.3 is 0 Å². The number of likely N-dealkylation sites (tertiary alicyclic amines) is 1. The number of carbonyl (C=O) groups is 1. The van der Waals surface area contributed by atoms with E-state index in [0.29, 0.717) is 11.3 Å². The molecule has 0 aromatic heterocycles. The summed E-state index contributed by atoms with van der Waals surface area (Å²) < 4.78 is 0. The van der Waals surface area contributed by atoms with Gasteiger partial charge in [-0.3, -0.25) is 4.79 Å². The Hall–Kier alpha value is -0.570. The van der Waals surface area contributed by atoms with Gasteiger partial charge in [0.1, 0.15) is 0 Å². The van der Waals surface area contributed by atoms with Crippen molar-refractivity contribution < 1.29 is 4.79 Å². The molecule has 0 aromatic rings. The van der Waals surface area contributed by atoms with Crippen molar-refractivity contribution in [3.05, 3.63) is 0 Å². The van der Waals surface area contributed by atoms with Gasteiger partial charge in [0.2, 0.25) is 5.91 Å². The normalized spacial score (nSPS) is 30.5. The summed E-state index contributed by atoms with van der Waals surface area (Å²) >= 11 is 0. The van der Waals surface area contributed by atoms with Gasteiger partial charge in [0.05, 0.1) is 6.04 Å². The van der Waals surface area contributed by atoms with Crippen molar-refractivity contribution in [1.82, 2.24) is 10.2 Å². The minimum atomic E-state index is 0.110. The molecule has 3 nitrogen and oxygen atoms in total. The molecule has 0 bridgehead atoms. The first-order chi connectivity index (χ1) is 7.08. The van der Waals surface area contributed by atoms with E-state index in [4.69, 9.17) is 0 Å². The second-order valence-corrected chi connectivity index (χ2v) is 5.68. The number of hydrogen-bond acceptors (Lipinski definition) is 2. The van der Waals surface area contributed by atoms with Gasteiger partial charge in [0.25, 0.3) is 0 Å². The predicted molar refractivity (Wildman–Crippen MR) is 60.6 cm³/mol. The Bertz CT molecular complexity index is 244. The molecule has 0 saturated carbocycles. The number of rotatable bonds is 1. The molecule has 0 radical (unpaired) electrons. The monoisotopic (exact) mass is 210 g/mol. The first-order valence-corrected chi connectivity index (χ1v) is 6.11. The van der Waals surface area contributed by atoms with Crippen molar-refractivity contribution in [2.75, 3.05) is 19.6 Å². The SMILES string of the molecule is CC1(C)CCCN(C(=O)C2CCCN2)C1. The van der Waals surface area contributed by atoms with Gasteiger partial charge in [-0.2, -0.15) is 0 Å². The summed E-state index contributed by atoms with van der Waals surface area (Å²) in [6.45, 7) is 7.42.